The monoisotopic (exact) mass is 840 g/mol. The quantitative estimate of drug-likeness (QED) is 0.123. The van der Waals surface area contributed by atoms with Crippen molar-refractivity contribution in [2.24, 2.45) is 0 Å². The van der Waals surface area contributed by atoms with E-state index in [9.17, 15) is 0 Å². The first-order valence-electron chi connectivity index (χ1n) is 22.8. The summed E-state index contributed by atoms with van der Waals surface area (Å²) in [7, 11) is 0. The topological polar surface area (TPSA) is 32.8 Å². The van der Waals surface area contributed by atoms with E-state index in [-0.39, 0.29) is 21.7 Å². The lowest BCUT2D eigenvalue weighted by atomic mass is 9.86. The highest BCUT2D eigenvalue weighted by Crippen LogP contribution is 2.53. The zero-order chi connectivity index (χ0) is 45.1. The summed E-state index contributed by atoms with van der Waals surface area (Å²) < 4.78 is 13.9. The Balaban J connectivity index is 1.19. The molecule has 0 spiro atoms. The van der Waals surface area contributed by atoms with Crippen LogP contribution < -0.4 is 9.80 Å². The first-order chi connectivity index (χ1) is 30.3. The van der Waals surface area contributed by atoms with Crippen molar-refractivity contribution in [1.29, 1.82) is 0 Å². The van der Waals surface area contributed by atoms with Gasteiger partial charge in [0.05, 0.1) is 11.4 Å². The van der Waals surface area contributed by atoms with Gasteiger partial charge in [-0.1, -0.05) is 132 Å². The first kappa shape index (κ1) is 41.5. The van der Waals surface area contributed by atoms with Gasteiger partial charge >= 0.3 is 0 Å². The molecule has 0 N–H and O–H groups in total. The van der Waals surface area contributed by atoms with Crippen LogP contribution in [0.3, 0.4) is 0 Å². The van der Waals surface area contributed by atoms with Crippen molar-refractivity contribution in [2.75, 3.05) is 9.80 Å². The highest BCUT2D eigenvalue weighted by molar-refractivity contribution is 6.26. The van der Waals surface area contributed by atoms with Gasteiger partial charge in [0.15, 0.2) is 0 Å². The zero-order valence-corrected chi connectivity index (χ0v) is 39.6. The molecule has 8 aromatic carbocycles. The fraction of sp³-hybridized carbons (Fsp3) is 0.267. The van der Waals surface area contributed by atoms with E-state index < -0.39 is 0 Å². The molecule has 4 heteroatoms. The van der Waals surface area contributed by atoms with Gasteiger partial charge in [0, 0.05) is 55.4 Å². The minimum absolute atomic E-state index is 0.0408. The lowest BCUT2D eigenvalue weighted by Crippen LogP contribution is -2.15. The molecule has 0 aromatic heterocycles. The molecule has 64 heavy (non-hydrogen) atoms. The largest absolute Gasteiger partial charge is 0.456 e. The third-order valence-electron chi connectivity index (χ3n) is 13.3. The van der Waals surface area contributed by atoms with Gasteiger partial charge in [0.2, 0.25) is 0 Å². The van der Waals surface area contributed by atoms with E-state index in [1.165, 1.54) is 22.3 Å². The molecule has 322 valence electrons. The smallest absolute Gasteiger partial charge is 0.136 e. The second-order valence-corrected chi connectivity index (χ2v) is 22.0. The minimum Gasteiger partial charge on any atom is -0.456 e. The van der Waals surface area contributed by atoms with Gasteiger partial charge in [-0.25, -0.2) is 0 Å². The molecule has 0 aliphatic carbocycles. The molecular weight excluding hydrogens is 781 g/mol. The SMILES string of the molecule is CC(C)(C)c1ccc(N(c2ccc(C(C)(C)C)cc2)c2ccc3oc4ccc5c(N(c6ccc(C(C)(C)C)cc6)c6ccc(C(C)(C)C)cc6)ccc6oc7ccc2c3c7-c4c65)cc1. The van der Waals surface area contributed by atoms with Crippen LogP contribution in [0.2, 0.25) is 0 Å². The van der Waals surface area contributed by atoms with E-state index >= 15 is 0 Å². The Bertz CT molecular complexity index is 2920. The summed E-state index contributed by atoms with van der Waals surface area (Å²) in [6.07, 6.45) is 0. The van der Waals surface area contributed by atoms with Gasteiger partial charge in [0.1, 0.15) is 22.3 Å². The Kier molecular flexibility index (Phi) is 9.40. The van der Waals surface area contributed by atoms with Crippen molar-refractivity contribution in [3.63, 3.8) is 0 Å². The third kappa shape index (κ3) is 6.99. The summed E-state index contributed by atoms with van der Waals surface area (Å²) in [4.78, 5) is 4.79. The maximum Gasteiger partial charge on any atom is 0.136 e. The number of anilines is 6. The van der Waals surface area contributed by atoms with E-state index in [0.717, 1.165) is 89.1 Å². The number of rotatable bonds is 6. The lowest BCUT2D eigenvalue weighted by Gasteiger charge is -2.30. The fourth-order valence-electron chi connectivity index (χ4n) is 9.52. The molecule has 0 fully saturated rings. The Morgan fingerprint density at radius 3 is 0.781 bits per heavy atom. The van der Waals surface area contributed by atoms with Gasteiger partial charge in [-0.05, 0) is 141 Å². The van der Waals surface area contributed by atoms with Crippen LogP contribution in [-0.4, -0.2) is 0 Å². The molecule has 2 heterocycles. The molecule has 0 atom stereocenters. The fourth-order valence-corrected chi connectivity index (χ4v) is 9.52. The molecule has 8 aromatic rings. The van der Waals surface area contributed by atoms with Gasteiger partial charge < -0.3 is 18.6 Å². The van der Waals surface area contributed by atoms with E-state index in [1.807, 2.05) is 0 Å². The van der Waals surface area contributed by atoms with E-state index in [2.05, 4.69) is 238 Å². The predicted molar refractivity (Wildman–Crippen MR) is 273 cm³/mol. The number of hydrogen-bond donors (Lipinski definition) is 0. The van der Waals surface area contributed by atoms with Crippen LogP contribution in [0.25, 0.3) is 55.0 Å². The highest BCUT2D eigenvalue weighted by atomic mass is 16.3. The van der Waals surface area contributed by atoms with E-state index in [1.54, 1.807) is 0 Å². The second-order valence-electron chi connectivity index (χ2n) is 22.0. The van der Waals surface area contributed by atoms with Crippen molar-refractivity contribution < 1.29 is 8.83 Å². The molecule has 0 saturated heterocycles. The van der Waals surface area contributed by atoms with E-state index in [0.29, 0.717) is 0 Å². The minimum atomic E-state index is 0.0408. The summed E-state index contributed by atoms with van der Waals surface area (Å²) in [5, 5.41) is 4.31. The molecule has 2 aliphatic rings. The van der Waals surface area contributed by atoms with Crippen molar-refractivity contribution >= 4 is 78.0 Å². The number of nitrogens with zero attached hydrogens (tertiary/aromatic N) is 2. The standard InChI is InChI=1S/C60H60N2O2/c1-57(2,3)37-13-21-41(22-14-37)61(42-23-15-38(16-24-42)58(4,5)6)47-31-35-49-53-45(47)29-33-51-55(53)56-52(63-49)34-30-46-48(32-36-50(64-51)54(46)56)62(43-25-17-39(18-26-43)59(7,8)9)44-27-19-40(20-28-44)60(10,11)12/h13-36H,1-12H3. The van der Waals surface area contributed by atoms with E-state index in [4.69, 9.17) is 8.83 Å². The molecule has 0 radical (unpaired) electrons. The molecule has 2 aliphatic heterocycles. The maximum atomic E-state index is 6.96. The van der Waals surface area contributed by atoms with Gasteiger partial charge in [-0.3, -0.25) is 0 Å². The van der Waals surface area contributed by atoms with Crippen LogP contribution in [-0.2, 0) is 21.7 Å². The average Bonchev–Trinajstić information content (AvgIpc) is 3.25. The first-order valence-corrected chi connectivity index (χ1v) is 22.8. The van der Waals surface area contributed by atoms with Crippen LogP contribution in [0.1, 0.15) is 105 Å². The van der Waals surface area contributed by atoms with Crippen LogP contribution in [0.15, 0.2) is 154 Å². The van der Waals surface area contributed by atoms with Crippen molar-refractivity contribution in [3.05, 3.63) is 168 Å². The molecule has 10 rings (SSSR count). The zero-order valence-electron chi connectivity index (χ0n) is 39.6. The van der Waals surface area contributed by atoms with Crippen LogP contribution in [0.4, 0.5) is 34.1 Å². The average molecular weight is 841 g/mol. The Hall–Kier alpha value is -6.52. The van der Waals surface area contributed by atoms with Crippen molar-refractivity contribution in [1.82, 2.24) is 0 Å². The molecule has 0 bridgehead atoms. The lowest BCUT2D eigenvalue weighted by molar-refractivity contribution is 0.590. The van der Waals surface area contributed by atoms with Gasteiger partial charge in [-0.15, -0.1) is 0 Å². The summed E-state index contributed by atoms with van der Waals surface area (Å²) in [5.74, 6) is 0. The van der Waals surface area contributed by atoms with Crippen molar-refractivity contribution in [3.8, 4) is 11.1 Å². The van der Waals surface area contributed by atoms with Crippen LogP contribution in [0.5, 0.6) is 0 Å². The molecule has 4 nitrogen and oxygen atoms in total. The third-order valence-corrected chi connectivity index (χ3v) is 13.3. The number of benzene rings is 8. The van der Waals surface area contributed by atoms with Crippen LogP contribution in [0, 0.1) is 0 Å². The summed E-state index contributed by atoms with van der Waals surface area (Å²) in [6, 6.07) is 53.7. The highest BCUT2D eigenvalue weighted by Gasteiger charge is 2.29. The summed E-state index contributed by atoms with van der Waals surface area (Å²) >= 11 is 0. The summed E-state index contributed by atoms with van der Waals surface area (Å²) in [5.41, 5.74) is 17.4. The van der Waals surface area contributed by atoms with Gasteiger partial charge in [0.25, 0.3) is 0 Å². The molecule has 0 saturated carbocycles. The second kappa shape index (κ2) is 14.5. The van der Waals surface area contributed by atoms with Crippen molar-refractivity contribution in [2.45, 2.75) is 105 Å². The number of hydrogen-bond acceptors (Lipinski definition) is 4. The van der Waals surface area contributed by atoms with Gasteiger partial charge in [-0.2, -0.15) is 0 Å². The molecular formula is C60H60N2O2. The molecule has 0 amide bonds. The Morgan fingerprint density at radius 2 is 0.531 bits per heavy atom. The Labute approximate surface area is 378 Å². The maximum absolute atomic E-state index is 6.96. The summed E-state index contributed by atoms with van der Waals surface area (Å²) in [6.45, 7) is 27.2. The normalized spacial score (nSPS) is 13.0. The Morgan fingerprint density at radius 1 is 0.281 bits per heavy atom. The molecule has 0 unspecified atom stereocenters. The predicted octanol–water partition coefficient (Wildman–Crippen LogP) is 18.2. The van der Waals surface area contributed by atoms with Crippen LogP contribution >= 0.6 is 0 Å².